The number of unbranched alkanes of at least 4 members (excludes halogenated alkanes) is 11. The first-order chi connectivity index (χ1) is 18.2. The summed E-state index contributed by atoms with van der Waals surface area (Å²) in [6.07, 6.45) is 17.9. The Balaban J connectivity index is 1.54. The Bertz CT molecular complexity index is 1020. The van der Waals surface area contributed by atoms with Crippen LogP contribution in [0.3, 0.4) is 0 Å². The van der Waals surface area contributed by atoms with E-state index < -0.39 is 0 Å². The summed E-state index contributed by atoms with van der Waals surface area (Å²) in [6, 6.07) is 22.2. The van der Waals surface area contributed by atoms with Crippen molar-refractivity contribution in [1.82, 2.24) is 0 Å². The van der Waals surface area contributed by atoms with Crippen molar-refractivity contribution in [3.8, 4) is 28.0 Å². The number of ether oxygens (including phenoxy) is 1. The highest BCUT2D eigenvalue weighted by molar-refractivity contribution is 5.83. The average molecular weight is 503 g/mol. The van der Waals surface area contributed by atoms with Gasteiger partial charge < -0.3 is 4.74 Å². The third kappa shape index (κ3) is 9.99. The van der Waals surface area contributed by atoms with Gasteiger partial charge in [-0.3, -0.25) is 0 Å². The van der Waals surface area contributed by atoms with Crippen LogP contribution in [0, 0.1) is 5.82 Å². The normalized spacial score (nSPS) is 11.1. The summed E-state index contributed by atoms with van der Waals surface area (Å²) in [4.78, 5) is 0. The molecule has 0 saturated carbocycles. The summed E-state index contributed by atoms with van der Waals surface area (Å²) in [5.74, 6) is 0.372. The molecule has 0 spiro atoms. The maximum atomic E-state index is 15.2. The van der Waals surface area contributed by atoms with E-state index in [1.54, 1.807) is 0 Å². The van der Waals surface area contributed by atoms with E-state index in [2.05, 4.69) is 44.2 Å². The smallest absolute Gasteiger partial charge is 0.134 e. The van der Waals surface area contributed by atoms with Crippen molar-refractivity contribution in [2.45, 2.75) is 104 Å². The van der Waals surface area contributed by atoms with Crippen LogP contribution in [0.25, 0.3) is 22.3 Å². The van der Waals surface area contributed by atoms with Gasteiger partial charge in [0.2, 0.25) is 0 Å². The van der Waals surface area contributed by atoms with Gasteiger partial charge in [-0.25, -0.2) is 4.39 Å². The molecule has 0 saturated heterocycles. The molecule has 0 fully saturated rings. The van der Waals surface area contributed by atoms with Gasteiger partial charge in [0.25, 0.3) is 0 Å². The summed E-state index contributed by atoms with van der Waals surface area (Å²) >= 11 is 0. The van der Waals surface area contributed by atoms with Crippen LogP contribution in [0.4, 0.5) is 4.39 Å². The second-order valence-electron chi connectivity index (χ2n) is 10.4. The van der Waals surface area contributed by atoms with Crippen molar-refractivity contribution in [2.24, 2.45) is 0 Å². The molecule has 2 heteroatoms. The van der Waals surface area contributed by atoms with Crippen LogP contribution in [0.5, 0.6) is 5.75 Å². The van der Waals surface area contributed by atoms with Crippen LogP contribution >= 0.6 is 0 Å². The minimum Gasteiger partial charge on any atom is -0.493 e. The highest BCUT2D eigenvalue weighted by atomic mass is 19.1. The van der Waals surface area contributed by atoms with E-state index in [0.29, 0.717) is 17.9 Å². The monoisotopic (exact) mass is 502 g/mol. The molecule has 3 aromatic rings. The first kappa shape index (κ1) is 29.0. The van der Waals surface area contributed by atoms with Gasteiger partial charge in [-0.15, -0.1) is 0 Å². The molecule has 200 valence electrons. The van der Waals surface area contributed by atoms with E-state index in [4.69, 9.17) is 4.74 Å². The lowest BCUT2D eigenvalue weighted by atomic mass is 9.93. The number of halogens is 1. The Kier molecular flexibility index (Phi) is 13.3. The van der Waals surface area contributed by atoms with E-state index >= 15 is 4.39 Å². The van der Waals surface area contributed by atoms with E-state index in [1.165, 1.54) is 82.3 Å². The second-order valence-corrected chi connectivity index (χ2v) is 10.4. The van der Waals surface area contributed by atoms with Crippen molar-refractivity contribution in [3.05, 3.63) is 78.1 Å². The Hall–Kier alpha value is -2.61. The number of hydrogen-bond acceptors (Lipinski definition) is 1. The SMILES string of the molecule is CCCCCCCCCCCc1ccc(-c2ccccc2-c2ccc(OCCCCCC)cc2F)cc1. The largest absolute Gasteiger partial charge is 0.493 e. The van der Waals surface area contributed by atoms with Gasteiger partial charge in [0.05, 0.1) is 6.61 Å². The maximum absolute atomic E-state index is 15.2. The first-order valence-corrected chi connectivity index (χ1v) is 14.8. The van der Waals surface area contributed by atoms with Gasteiger partial charge in [0.1, 0.15) is 11.6 Å². The van der Waals surface area contributed by atoms with E-state index in [9.17, 15) is 0 Å². The fourth-order valence-corrected chi connectivity index (χ4v) is 4.98. The number of benzene rings is 3. The fourth-order valence-electron chi connectivity index (χ4n) is 4.98. The number of rotatable bonds is 18. The van der Waals surface area contributed by atoms with Gasteiger partial charge in [-0.05, 0) is 53.6 Å². The molecule has 0 aliphatic carbocycles. The zero-order valence-electron chi connectivity index (χ0n) is 23.2. The molecule has 0 aromatic heterocycles. The standard InChI is InChI=1S/C35H47FO/c1-3-5-7-9-10-11-12-13-14-18-29-21-23-30(24-22-29)32-19-15-16-20-33(32)34-26-25-31(28-35(34)36)37-27-17-8-6-4-2/h15-16,19-26,28H,3-14,17-18,27H2,1-2H3. The minimum absolute atomic E-state index is 0.236. The zero-order valence-corrected chi connectivity index (χ0v) is 23.2. The van der Waals surface area contributed by atoms with Crippen molar-refractivity contribution < 1.29 is 9.13 Å². The molecule has 0 amide bonds. The Morgan fingerprint density at radius 1 is 0.568 bits per heavy atom. The van der Waals surface area contributed by atoms with Crippen molar-refractivity contribution in [1.29, 1.82) is 0 Å². The highest BCUT2D eigenvalue weighted by Crippen LogP contribution is 2.35. The van der Waals surface area contributed by atoms with Crippen LogP contribution in [0.15, 0.2) is 66.7 Å². The van der Waals surface area contributed by atoms with Crippen molar-refractivity contribution in [3.63, 3.8) is 0 Å². The van der Waals surface area contributed by atoms with E-state index in [0.717, 1.165) is 36.0 Å². The molecule has 3 aromatic carbocycles. The van der Waals surface area contributed by atoms with Crippen LogP contribution in [-0.2, 0) is 6.42 Å². The predicted molar refractivity (Wildman–Crippen MR) is 158 cm³/mol. The molecular formula is C35H47FO. The van der Waals surface area contributed by atoms with Crippen LogP contribution in [0.2, 0.25) is 0 Å². The van der Waals surface area contributed by atoms with Gasteiger partial charge >= 0.3 is 0 Å². The molecule has 0 heterocycles. The van der Waals surface area contributed by atoms with Crippen LogP contribution < -0.4 is 4.74 Å². The third-order valence-corrected chi connectivity index (χ3v) is 7.26. The Morgan fingerprint density at radius 3 is 1.81 bits per heavy atom. The number of aryl methyl sites for hydroxylation is 1. The molecule has 0 aliphatic rings. The minimum atomic E-state index is -0.236. The topological polar surface area (TPSA) is 9.23 Å². The second kappa shape index (κ2) is 17.0. The summed E-state index contributed by atoms with van der Waals surface area (Å²) in [5, 5.41) is 0. The van der Waals surface area contributed by atoms with Crippen molar-refractivity contribution >= 4 is 0 Å². The molecular weight excluding hydrogens is 455 g/mol. The third-order valence-electron chi connectivity index (χ3n) is 7.26. The summed E-state index contributed by atoms with van der Waals surface area (Å²) < 4.78 is 20.9. The Labute approximate surface area is 225 Å². The molecule has 0 atom stereocenters. The number of hydrogen-bond donors (Lipinski definition) is 0. The van der Waals surface area contributed by atoms with E-state index in [1.807, 2.05) is 30.3 Å². The van der Waals surface area contributed by atoms with Crippen LogP contribution in [0.1, 0.15) is 103 Å². The highest BCUT2D eigenvalue weighted by Gasteiger charge is 2.12. The van der Waals surface area contributed by atoms with Gasteiger partial charge in [-0.1, -0.05) is 133 Å². The molecule has 0 unspecified atom stereocenters. The first-order valence-electron chi connectivity index (χ1n) is 14.8. The lowest BCUT2D eigenvalue weighted by Crippen LogP contribution is -1.98. The fraction of sp³-hybridized carbons (Fsp3) is 0.486. The van der Waals surface area contributed by atoms with Gasteiger partial charge in [-0.2, -0.15) is 0 Å². The molecule has 3 rings (SSSR count). The lowest BCUT2D eigenvalue weighted by molar-refractivity contribution is 0.303. The van der Waals surface area contributed by atoms with Crippen LogP contribution in [-0.4, -0.2) is 6.61 Å². The molecule has 0 radical (unpaired) electrons. The molecule has 1 nitrogen and oxygen atoms in total. The lowest BCUT2D eigenvalue weighted by Gasteiger charge is -2.13. The molecule has 0 bridgehead atoms. The predicted octanol–water partition coefficient (Wildman–Crippen LogP) is 11.2. The average Bonchev–Trinajstić information content (AvgIpc) is 2.92. The zero-order chi connectivity index (χ0) is 26.1. The summed E-state index contributed by atoms with van der Waals surface area (Å²) in [7, 11) is 0. The molecule has 37 heavy (non-hydrogen) atoms. The van der Waals surface area contributed by atoms with Crippen molar-refractivity contribution in [2.75, 3.05) is 6.61 Å². The van der Waals surface area contributed by atoms with E-state index in [-0.39, 0.29) is 5.82 Å². The Morgan fingerprint density at radius 2 is 1.16 bits per heavy atom. The van der Waals surface area contributed by atoms with Gasteiger partial charge in [0.15, 0.2) is 0 Å². The quantitative estimate of drug-likeness (QED) is 0.157. The maximum Gasteiger partial charge on any atom is 0.134 e. The molecule has 0 aliphatic heterocycles. The molecule has 0 N–H and O–H groups in total. The summed E-state index contributed by atoms with van der Waals surface area (Å²) in [5.41, 5.74) is 5.11. The summed E-state index contributed by atoms with van der Waals surface area (Å²) in [6.45, 7) is 5.11. The van der Waals surface area contributed by atoms with Gasteiger partial charge in [0, 0.05) is 11.6 Å².